The zero-order chi connectivity index (χ0) is 13.4. The fourth-order valence-corrected chi connectivity index (χ4v) is 4.08. The number of hydrogen-bond acceptors (Lipinski definition) is 1. The molecule has 1 heterocycles. The molecule has 2 aromatic carbocycles. The van der Waals surface area contributed by atoms with Gasteiger partial charge in [0.2, 0.25) is 0 Å². The smallest absolute Gasteiger partial charge is 0.000382 e. The molecule has 0 nitrogen and oxygen atoms in total. The zero-order valence-electron chi connectivity index (χ0n) is 11.1. The van der Waals surface area contributed by atoms with Crippen molar-refractivity contribution in [1.82, 2.24) is 0 Å². The van der Waals surface area contributed by atoms with Crippen LogP contribution in [0.5, 0.6) is 0 Å². The summed E-state index contributed by atoms with van der Waals surface area (Å²) in [7, 11) is 0. The van der Waals surface area contributed by atoms with Crippen molar-refractivity contribution in [3.8, 4) is 0 Å². The van der Waals surface area contributed by atoms with Crippen molar-refractivity contribution in [2.24, 2.45) is 0 Å². The topological polar surface area (TPSA) is 0 Å². The van der Waals surface area contributed by atoms with Crippen LogP contribution < -0.4 is 0 Å². The Morgan fingerprint density at radius 3 is 1.50 bits per heavy atom. The molecule has 0 unspecified atom stereocenters. The molecular formula is C19H16S. The van der Waals surface area contributed by atoms with Crippen LogP contribution >= 0.6 is 11.3 Å². The molecule has 3 aromatic rings. The van der Waals surface area contributed by atoms with Crippen LogP contribution in [0.25, 0.3) is 0 Å². The molecule has 20 heavy (non-hydrogen) atoms. The van der Waals surface area contributed by atoms with Gasteiger partial charge in [-0.3, -0.25) is 0 Å². The molecule has 0 N–H and O–H groups in total. The second-order valence-electron chi connectivity index (χ2n) is 5.46. The normalized spacial score (nSPS) is 24.5. The van der Waals surface area contributed by atoms with Gasteiger partial charge in [0.05, 0.1) is 0 Å². The van der Waals surface area contributed by atoms with Crippen LogP contribution in [0.2, 0.25) is 0 Å². The first-order valence-corrected chi connectivity index (χ1v) is 8.01. The first-order valence-electron chi connectivity index (χ1n) is 7.07. The van der Waals surface area contributed by atoms with Crippen molar-refractivity contribution in [3.05, 3.63) is 94.2 Å². The van der Waals surface area contributed by atoms with Crippen molar-refractivity contribution in [1.29, 1.82) is 0 Å². The average Bonchev–Trinajstić information content (AvgIpc) is 3.03. The van der Waals surface area contributed by atoms with E-state index in [0.29, 0.717) is 17.8 Å². The van der Waals surface area contributed by atoms with Crippen LogP contribution in [0.4, 0.5) is 0 Å². The van der Waals surface area contributed by atoms with E-state index in [-0.39, 0.29) is 0 Å². The van der Waals surface area contributed by atoms with Gasteiger partial charge in [0.25, 0.3) is 0 Å². The summed E-state index contributed by atoms with van der Waals surface area (Å²) in [5, 5.41) is 4.50. The van der Waals surface area contributed by atoms with Crippen molar-refractivity contribution < 1.29 is 0 Å². The molecule has 0 spiro atoms. The lowest BCUT2D eigenvalue weighted by molar-refractivity contribution is 1.03. The molecular weight excluding hydrogens is 260 g/mol. The van der Waals surface area contributed by atoms with Gasteiger partial charge in [-0.1, -0.05) is 60.7 Å². The first-order chi connectivity index (χ1) is 9.95. The molecule has 2 atom stereocenters. The largest absolute Gasteiger partial charge is 0.152 e. The van der Waals surface area contributed by atoms with Gasteiger partial charge in [-0.2, -0.15) is 11.3 Å². The molecule has 0 aliphatic heterocycles. The molecule has 0 saturated heterocycles. The van der Waals surface area contributed by atoms with Crippen molar-refractivity contribution >= 4 is 11.3 Å². The Kier molecular flexibility index (Phi) is 2.93. The molecule has 98 valence electrons. The molecule has 4 rings (SSSR count). The number of rotatable bonds is 3. The van der Waals surface area contributed by atoms with E-state index in [1.807, 2.05) is 0 Å². The number of benzene rings is 2. The molecule has 1 aliphatic rings. The number of thiophene rings is 1. The van der Waals surface area contributed by atoms with Crippen LogP contribution in [0.1, 0.15) is 34.4 Å². The Morgan fingerprint density at radius 2 is 1.05 bits per heavy atom. The van der Waals surface area contributed by atoms with E-state index in [1.165, 1.54) is 16.7 Å². The van der Waals surface area contributed by atoms with Crippen LogP contribution in [0, 0.1) is 0 Å². The molecule has 1 saturated carbocycles. The van der Waals surface area contributed by atoms with E-state index >= 15 is 0 Å². The third-order valence-electron chi connectivity index (χ3n) is 4.32. The highest BCUT2D eigenvalue weighted by Crippen LogP contribution is 2.66. The lowest BCUT2D eigenvalue weighted by Crippen LogP contribution is -1.82. The first kappa shape index (κ1) is 11.9. The minimum atomic E-state index is 0.633. The molecule has 1 fully saturated rings. The predicted molar refractivity (Wildman–Crippen MR) is 85.4 cm³/mol. The van der Waals surface area contributed by atoms with Gasteiger partial charge in [-0.25, -0.2) is 0 Å². The summed E-state index contributed by atoms with van der Waals surface area (Å²) < 4.78 is 0. The zero-order valence-corrected chi connectivity index (χ0v) is 12.0. The lowest BCUT2D eigenvalue weighted by Gasteiger charge is -2.00. The maximum absolute atomic E-state index is 2.31. The maximum atomic E-state index is 2.31. The molecule has 0 bridgehead atoms. The molecule has 0 radical (unpaired) electrons. The van der Waals surface area contributed by atoms with Crippen molar-refractivity contribution in [2.75, 3.05) is 0 Å². The highest BCUT2D eigenvalue weighted by atomic mass is 32.1. The van der Waals surface area contributed by atoms with E-state index in [9.17, 15) is 0 Å². The number of hydrogen-bond donors (Lipinski definition) is 0. The van der Waals surface area contributed by atoms with Crippen LogP contribution in [0.15, 0.2) is 77.5 Å². The second kappa shape index (κ2) is 4.92. The minimum Gasteiger partial charge on any atom is -0.152 e. The lowest BCUT2D eigenvalue weighted by atomic mass is 10.0. The van der Waals surface area contributed by atoms with Gasteiger partial charge in [0.15, 0.2) is 0 Å². The Hall–Kier alpha value is -1.86. The summed E-state index contributed by atoms with van der Waals surface area (Å²) in [5.74, 6) is 1.91. The van der Waals surface area contributed by atoms with E-state index in [4.69, 9.17) is 0 Å². The average molecular weight is 276 g/mol. The van der Waals surface area contributed by atoms with E-state index in [2.05, 4.69) is 77.5 Å². The van der Waals surface area contributed by atoms with Gasteiger partial charge in [0, 0.05) is 0 Å². The van der Waals surface area contributed by atoms with E-state index < -0.39 is 0 Å². The predicted octanol–water partition coefficient (Wildman–Crippen LogP) is 5.41. The Labute approximate surface area is 123 Å². The van der Waals surface area contributed by atoms with Gasteiger partial charge in [-0.05, 0) is 51.3 Å². The minimum absolute atomic E-state index is 0.633. The van der Waals surface area contributed by atoms with Gasteiger partial charge >= 0.3 is 0 Å². The summed E-state index contributed by atoms with van der Waals surface area (Å²) in [6.07, 6.45) is 0. The third-order valence-corrected chi connectivity index (χ3v) is 5.02. The van der Waals surface area contributed by atoms with E-state index in [0.717, 1.165) is 0 Å². The van der Waals surface area contributed by atoms with E-state index in [1.54, 1.807) is 11.3 Å². The highest BCUT2D eigenvalue weighted by molar-refractivity contribution is 7.08. The quantitative estimate of drug-likeness (QED) is 0.599. The maximum Gasteiger partial charge on any atom is -0.000382 e. The summed E-state index contributed by atoms with van der Waals surface area (Å²) in [6.45, 7) is 0. The van der Waals surface area contributed by atoms with Gasteiger partial charge in [0.1, 0.15) is 0 Å². The van der Waals surface area contributed by atoms with Crippen molar-refractivity contribution in [3.63, 3.8) is 0 Å². The Morgan fingerprint density at radius 1 is 0.550 bits per heavy atom. The molecule has 0 amide bonds. The molecule has 1 heteroatoms. The second-order valence-corrected chi connectivity index (χ2v) is 6.24. The van der Waals surface area contributed by atoms with Crippen LogP contribution in [-0.2, 0) is 0 Å². The Balaban J connectivity index is 1.73. The summed E-state index contributed by atoms with van der Waals surface area (Å²) >= 11 is 1.80. The molecule has 1 aliphatic carbocycles. The third kappa shape index (κ3) is 1.99. The summed E-state index contributed by atoms with van der Waals surface area (Å²) in [4.78, 5) is 0. The van der Waals surface area contributed by atoms with Crippen LogP contribution in [0.3, 0.4) is 0 Å². The standard InChI is InChI=1S/C19H16S/c1-3-7-14(8-4-1)17-18(15-9-5-2-6-10-15)19(17)16-11-12-20-13-16/h1-13,17-19H/t17-,18-/m0/s1. The van der Waals surface area contributed by atoms with Crippen LogP contribution in [-0.4, -0.2) is 0 Å². The molecule has 1 aromatic heterocycles. The van der Waals surface area contributed by atoms with Gasteiger partial charge < -0.3 is 0 Å². The van der Waals surface area contributed by atoms with Gasteiger partial charge in [-0.15, -0.1) is 0 Å². The summed E-state index contributed by atoms with van der Waals surface area (Å²) in [6, 6.07) is 24.2. The fraction of sp³-hybridized carbons (Fsp3) is 0.158. The highest BCUT2D eigenvalue weighted by Gasteiger charge is 2.52. The Bertz CT molecular complexity index is 625. The monoisotopic (exact) mass is 276 g/mol. The summed E-state index contributed by atoms with van der Waals surface area (Å²) in [5.41, 5.74) is 4.44. The van der Waals surface area contributed by atoms with Crippen molar-refractivity contribution in [2.45, 2.75) is 17.8 Å². The SMILES string of the molecule is c1ccc([C@@H]2C(c3ccsc3)[C@H]2c2ccccc2)cc1. The fourth-order valence-electron chi connectivity index (χ4n) is 3.37.